The van der Waals surface area contributed by atoms with Crippen LogP contribution in [-0.2, 0) is 9.47 Å². The van der Waals surface area contributed by atoms with E-state index >= 15 is 0 Å². The summed E-state index contributed by atoms with van der Waals surface area (Å²) in [5.41, 5.74) is 0. The van der Waals surface area contributed by atoms with Crippen LogP contribution in [0.3, 0.4) is 0 Å². The van der Waals surface area contributed by atoms with Crippen molar-refractivity contribution in [2.45, 2.75) is 12.2 Å². The van der Waals surface area contributed by atoms with E-state index in [9.17, 15) is 0 Å². The maximum Gasteiger partial charge on any atom is 0.273 e. The molecule has 1 aliphatic rings. The van der Waals surface area contributed by atoms with Gasteiger partial charge in [-0.3, -0.25) is 0 Å². The summed E-state index contributed by atoms with van der Waals surface area (Å²) in [5, 5.41) is -0.727. The first kappa shape index (κ1) is 5.35. The molecule has 1 fully saturated rings. The van der Waals surface area contributed by atoms with Crippen LogP contribution >= 0.6 is 11.6 Å². The zero-order valence-corrected chi connectivity index (χ0v) is 4.86. The van der Waals surface area contributed by atoms with E-state index in [0.29, 0.717) is 13.2 Å². The number of epoxide rings is 1. The number of hydrogen-bond acceptors (Lipinski definition) is 2. The van der Waals surface area contributed by atoms with Crippen molar-refractivity contribution in [3.63, 3.8) is 0 Å². The highest BCUT2D eigenvalue weighted by Gasteiger charge is 2.43. The van der Waals surface area contributed by atoms with Crippen molar-refractivity contribution in [3.8, 4) is 0 Å². The largest absolute Gasteiger partial charge is 0.336 e. The molecule has 1 atom stereocenters. The molecule has 0 spiro atoms. The van der Waals surface area contributed by atoms with Crippen LogP contribution in [0, 0.1) is 0 Å². The Labute approximate surface area is 47.4 Å². The lowest BCUT2D eigenvalue weighted by Gasteiger charge is -1.98. The molecule has 0 aromatic heterocycles. The third-order valence-electron chi connectivity index (χ3n) is 0.731. The van der Waals surface area contributed by atoms with Crippen molar-refractivity contribution in [2.75, 3.05) is 13.2 Å². The van der Waals surface area contributed by atoms with Crippen molar-refractivity contribution in [1.82, 2.24) is 0 Å². The minimum Gasteiger partial charge on any atom is -0.336 e. The predicted octanol–water partition coefficient (Wildman–Crippen LogP) is 0.946. The van der Waals surface area contributed by atoms with E-state index in [-0.39, 0.29) is 0 Å². The number of rotatable bonds is 2. The maximum absolute atomic E-state index is 5.50. The van der Waals surface area contributed by atoms with E-state index in [0.717, 1.165) is 0 Å². The third-order valence-corrected chi connectivity index (χ3v) is 1.06. The fourth-order valence-corrected chi connectivity index (χ4v) is 0.519. The van der Waals surface area contributed by atoms with Gasteiger partial charge in [-0.1, -0.05) is 11.6 Å². The van der Waals surface area contributed by atoms with E-state index in [4.69, 9.17) is 16.3 Å². The lowest BCUT2D eigenvalue weighted by Crippen LogP contribution is -2.05. The molecule has 1 unspecified atom stereocenters. The van der Waals surface area contributed by atoms with E-state index in [1.165, 1.54) is 0 Å². The molecule has 0 aromatic rings. The van der Waals surface area contributed by atoms with Gasteiger partial charge in [-0.05, 0) is 6.92 Å². The minimum atomic E-state index is -0.727. The second-order valence-corrected chi connectivity index (χ2v) is 1.96. The highest BCUT2D eigenvalue weighted by molar-refractivity contribution is 6.23. The highest BCUT2D eigenvalue weighted by atomic mass is 35.5. The zero-order chi connectivity index (χ0) is 5.33. The van der Waals surface area contributed by atoms with E-state index < -0.39 is 5.25 Å². The molecule has 2 nitrogen and oxygen atoms in total. The van der Waals surface area contributed by atoms with Crippen molar-refractivity contribution in [3.05, 3.63) is 0 Å². The van der Waals surface area contributed by atoms with E-state index in [1.807, 2.05) is 6.92 Å². The summed E-state index contributed by atoms with van der Waals surface area (Å²) >= 11 is 5.50. The molecule has 0 radical (unpaired) electrons. The number of halogens is 1. The van der Waals surface area contributed by atoms with Crippen molar-refractivity contribution in [2.24, 2.45) is 0 Å². The molecule has 1 rings (SSSR count). The summed E-state index contributed by atoms with van der Waals surface area (Å²) in [6.07, 6.45) is 0. The van der Waals surface area contributed by atoms with Crippen LogP contribution in [0.25, 0.3) is 0 Å². The van der Waals surface area contributed by atoms with Crippen LogP contribution in [0.4, 0.5) is 0 Å². The fraction of sp³-hybridized carbons (Fsp3) is 1.00. The Kier molecular flexibility index (Phi) is 1.24. The van der Waals surface area contributed by atoms with Gasteiger partial charge in [-0.15, -0.1) is 0 Å². The second kappa shape index (κ2) is 1.62. The Bertz CT molecular complexity index is 70.1. The van der Waals surface area contributed by atoms with Gasteiger partial charge < -0.3 is 9.47 Å². The quantitative estimate of drug-likeness (QED) is 0.402. The Morgan fingerprint density at radius 3 is 2.71 bits per heavy atom. The molecule has 7 heavy (non-hydrogen) atoms. The predicted molar refractivity (Wildman–Crippen MR) is 26.2 cm³/mol. The number of alkyl halides is 1. The van der Waals surface area contributed by atoms with Crippen LogP contribution in [0.1, 0.15) is 6.92 Å². The summed E-state index contributed by atoms with van der Waals surface area (Å²) < 4.78 is 9.56. The summed E-state index contributed by atoms with van der Waals surface area (Å²) in [6.45, 7) is 3.03. The molecule has 1 heterocycles. The van der Waals surface area contributed by atoms with Crippen molar-refractivity contribution in [1.29, 1.82) is 0 Å². The minimum absolute atomic E-state index is 0.530. The van der Waals surface area contributed by atoms with Gasteiger partial charge in [0.15, 0.2) is 0 Å². The average Bonchev–Trinajstić information content (AvgIpc) is 2.22. The smallest absolute Gasteiger partial charge is 0.273 e. The Morgan fingerprint density at radius 2 is 2.57 bits per heavy atom. The van der Waals surface area contributed by atoms with Gasteiger partial charge in [0.2, 0.25) is 0 Å². The van der Waals surface area contributed by atoms with Gasteiger partial charge in [0.1, 0.15) is 6.61 Å². The van der Waals surface area contributed by atoms with Crippen molar-refractivity contribution >= 4 is 11.6 Å². The summed E-state index contributed by atoms with van der Waals surface area (Å²) in [7, 11) is 0. The van der Waals surface area contributed by atoms with Gasteiger partial charge in [0, 0.05) is 6.61 Å². The molecule has 0 aliphatic carbocycles. The Hall–Kier alpha value is 0.210. The Balaban J connectivity index is 2.13. The fourth-order valence-electron chi connectivity index (χ4n) is 0.356. The topological polar surface area (TPSA) is 21.8 Å². The zero-order valence-electron chi connectivity index (χ0n) is 4.11. The van der Waals surface area contributed by atoms with Gasteiger partial charge >= 0.3 is 0 Å². The van der Waals surface area contributed by atoms with Crippen LogP contribution < -0.4 is 0 Å². The first-order chi connectivity index (χ1) is 3.27. The lowest BCUT2D eigenvalue weighted by atomic mass is 10.8. The number of ether oxygens (including phenoxy) is 2. The highest BCUT2D eigenvalue weighted by Crippen LogP contribution is 2.32. The standard InChI is InChI=1S/C4H7ClO2/c1-2-6-4(5)3-7-4/h2-3H2,1H3. The average molecular weight is 123 g/mol. The maximum atomic E-state index is 5.50. The summed E-state index contributed by atoms with van der Waals surface area (Å²) in [6, 6.07) is 0. The monoisotopic (exact) mass is 122 g/mol. The number of hydrogen-bond donors (Lipinski definition) is 0. The Morgan fingerprint density at radius 1 is 2.00 bits per heavy atom. The van der Waals surface area contributed by atoms with Gasteiger partial charge in [-0.2, -0.15) is 0 Å². The van der Waals surface area contributed by atoms with Crippen LogP contribution in [0.15, 0.2) is 0 Å². The second-order valence-electron chi connectivity index (χ2n) is 1.38. The summed E-state index contributed by atoms with van der Waals surface area (Å²) in [5.74, 6) is 0. The third kappa shape index (κ3) is 1.30. The lowest BCUT2D eigenvalue weighted by molar-refractivity contribution is 0.0262. The van der Waals surface area contributed by atoms with Gasteiger partial charge in [0.25, 0.3) is 5.25 Å². The molecule has 0 bridgehead atoms. The molecule has 1 aliphatic heterocycles. The normalized spacial score (nSPS) is 38.6. The molecule has 0 N–H and O–H groups in total. The van der Waals surface area contributed by atoms with Crippen LogP contribution in [0.5, 0.6) is 0 Å². The van der Waals surface area contributed by atoms with Crippen molar-refractivity contribution < 1.29 is 9.47 Å². The van der Waals surface area contributed by atoms with E-state index in [1.54, 1.807) is 0 Å². The molecule has 3 heteroatoms. The molecular formula is C4H7ClO2. The van der Waals surface area contributed by atoms with Gasteiger partial charge in [0.05, 0.1) is 0 Å². The first-order valence-corrected chi connectivity index (χ1v) is 2.61. The van der Waals surface area contributed by atoms with Crippen LogP contribution in [-0.4, -0.2) is 18.5 Å². The van der Waals surface area contributed by atoms with Crippen LogP contribution in [0.2, 0.25) is 0 Å². The summed E-state index contributed by atoms with van der Waals surface area (Å²) in [4.78, 5) is 0. The SMILES string of the molecule is CCOC1(Cl)CO1. The molecule has 42 valence electrons. The van der Waals surface area contributed by atoms with Gasteiger partial charge in [-0.25, -0.2) is 0 Å². The van der Waals surface area contributed by atoms with E-state index in [2.05, 4.69) is 4.74 Å². The molecule has 0 aromatic carbocycles. The molecular weight excluding hydrogens is 115 g/mol. The molecule has 1 saturated heterocycles. The molecule has 0 amide bonds. The first-order valence-electron chi connectivity index (χ1n) is 2.24. The molecule has 0 saturated carbocycles.